The van der Waals surface area contributed by atoms with Crippen LogP contribution in [0.25, 0.3) is 10.8 Å². The molecule has 0 saturated carbocycles. The van der Waals surface area contributed by atoms with E-state index in [1.54, 1.807) is 0 Å². The van der Waals surface area contributed by atoms with Crippen LogP contribution in [0.2, 0.25) is 0 Å². The molecule has 2 atom stereocenters. The van der Waals surface area contributed by atoms with Crippen molar-refractivity contribution < 1.29 is 9.59 Å². The van der Waals surface area contributed by atoms with Gasteiger partial charge in [-0.1, -0.05) is 105 Å². The van der Waals surface area contributed by atoms with E-state index in [1.807, 2.05) is 54.6 Å². The Balaban J connectivity index is 1.32. The predicted molar refractivity (Wildman–Crippen MR) is 175 cm³/mol. The fourth-order valence-electron chi connectivity index (χ4n) is 6.12. The SMILES string of the molecule is CCN(CC)CC[C@@H]1N[C@H](CNC(=O)c2ccc3ccccc3c2)CCN(CC(c2ccccc2)c2ccccc2)C1=O. The van der Waals surface area contributed by atoms with Gasteiger partial charge >= 0.3 is 0 Å². The van der Waals surface area contributed by atoms with Gasteiger partial charge in [-0.25, -0.2) is 0 Å². The first-order valence-electron chi connectivity index (χ1n) is 15.7. The van der Waals surface area contributed by atoms with E-state index in [4.69, 9.17) is 0 Å². The van der Waals surface area contributed by atoms with Crippen molar-refractivity contribution in [3.05, 3.63) is 120 Å². The van der Waals surface area contributed by atoms with Gasteiger partial charge in [0.25, 0.3) is 5.91 Å². The van der Waals surface area contributed by atoms with Crippen molar-refractivity contribution in [1.29, 1.82) is 0 Å². The number of hydrogen-bond acceptors (Lipinski definition) is 4. The zero-order chi connectivity index (χ0) is 30.0. The summed E-state index contributed by atoms with van der Waals surface area (Å²) in [7, 11) is 0. The summed E-state index contributed by atoms with van der Waals surface area (Å²) in [6.45, 7) is 8.80. The average Bonchev–Trinajstić information content (AvgIpc) is 3.21. The quantitative estimate of drug-likeness (QED) is 0.227. The highest BCUT2D eigenvalue weighted by Crippen LogP contribution is 2.27. The molecule has 6 nitrogen and oxygen atoms in total. The molecule has 224 valence electrons. The standard InChI is InChI=1S/C37H44N4O2/c1-3-40(4-2)23-22-35-37(43)41(27-34(29-14-7-5-8-15-29)30-16-9-6-10-17-30)24-21-33(39-35)26-38-36(42)32-20-19-28-13-11-12-18-31(28)25-32/h5-20,25,33-35,39H,3-4,21-24,26-27H2,1-2H3,(H,38,42)/t33-,35-/m0/s1. The van der Waals surface area contributed by atoms with Crippen molar-refractivity contribution in [3.8, 4) is 0 Å². The van der Waals surface area contributed by atoms with E-state index in [9.17, 15) is 9.59 Å². The van der Waals surface area contributed by atoms with Gasteiger partial charge in [-0.05, 0) is 60.0 Å². The van der Waals surface area contributed by atoms with E-state index in [0.29, 0.717) is 25.2 Å². The number of benzene rings is 4. The number of carbonyl (C=O) groups excluding carboxylic acids is 2. The van der Waals surface area contributed by atoms with Gasteiger partial charge in [-0.3, -0.25) is 9.59 Å². The Kier molecular flexibility index (Phi) is 10.6. The van der Waals surface area contributed by atoms with Gasteiger partial charge in [0, 0.05) is 43.7 Å². The highest BCUT2D eigenvalue weighted by molar-refractivity contribution is 5.98. The molecule has 4 aromatic carbocycles. The van der Waals surface area contributed by atoms with Crippen LogP contribution in [0.1, 0.15) is 54.1 Å². The van der Waals surface area contributed by atoms with Crippen LogP contribution in [0.5, 0.6) is 0 Å². The first-order valence-corrected chi connectivity index (χ1v) is 15.7. The van der Waals surface area contributed by atoms with Crippen molar-refractivity contribution in [2.45, 2.75) is 44.7 Å². The number of hydrogen-bond donors (Lipinski definition) is 2. The van der Waals surface area contributed by atoms with Crippen molar-refractivity contribution in [2.75, 3.05) is 39.3 Å². The molecule has 0 spiro atoms. The molecule has 1 aliphatic heterocycles. The topological polar surface area (TPSA) is 64.7 Å². The van der Waals surface area contributed by atoms with Crippen LogP contribution in [0, 0.1) is 0 Å². The highest BCUT2D eigenvalue weighted by atomic mass is 16.2. The van der Waals surface area contributed by atoms with Gasteiger partial charge < -0.3 is 20.4 Å². The normalized spacial score (nSPS) is 17.4. The fraction of sp³-hybridized carbons (Fsp3) is 0.351. The monoisotopic (exact) mass is 576 g/mol. The van der Waals surface area contributed by atoms with Gasteiger partial charge in [-0.2, -0.15) is 0 Å². The maximum absolute atomic E-state index is 14.1. The Labute approximate surface area is 256 Å². The van der Waals surface area contributed by atoms with Crippen molar-refractivity contribution in [3.63, 3.8) is 0 Å². The van der Waals surface area contributed by atoms with Crippen molar-refractivity contribution in [1.82, 2.24) is 20.4 Å². The lowest BCUT2D eigenvalue weighted by molar-refractivity contribution is -0.133. The molecule has 0 unspecified atom stereocenters. The van der Waals surface area contributed by atoms with Crippen molar-refractivity contribution >= 4 is 22.6 Å². The van der Waals surface area contributed by atoms with E-state index in [-0.39, 0.29) is 29.8 Å². The smallest absolute Gasteiger partial charge is 0.251 e. The van der Waals surface area contributed by atoms with E-state index in [2.05, 4.69) is 82.8 Å². The molecule has 1 heterocycles. The predicted octanol–water partition coefficient (Wildman–Crippen LogP) is 5.69. The third-order valence-corrected chi connectivity index (χ3v) is 8.75. The molecular weight excluding hydrogens is 532 g/mol. The van der Waals surface area contributed by atoms with Crippen LogP contribution in [0.4, 0.5) is 0 Å². The van der Waals surface area contributed by atoms with E-state index < -0.39 is 0 Å². The Hall–Kier alpha value is -4.00. The molecule has 2 N–H and O–H groups in total. The lowest BCUT2D eigenvalue weighted by Gasteiger charge is -2.30. The molecule has 5 rings (SSSR count). The average molecular weight is 577 g/mol. The van der Waals surface area contributed by atoms with E-state index >= 15 is 0 Å². The second-order valence-electron chi connectivity index (χ2n) is 11.5. The molecule has 1 fully saturated rings. The molecule has 1 saturated heterocycles. The number of fused-ring (bicyclic) bond motifs is 1. The fourth-order valence-corrected chi connectivity index (χ4v) is 6.12. The van der Waals surface area contributed by atoms with E-state index in [1.165, 1.54) is 11.1 Å². The summed E-state index contributed by atoms with van der Waals surface area (Å²) in [4.78, 5) is 31.7. The number of nitrogens with one attached hydrogen (secondary N) is 2. The van der Waals surface area contributed by atoms with Crippen LogP contribution >= 0.6 is 0 Å². The van der Waals surface area contributed by atoms with Crippen LogP contribution < -0.4 is 10.6 Å². The number of rotatable bonds is 12. The summed E-state index contributed by atoms with van der Waals surface area (Å²) in [6.07, 6.45) is 1.50. The minimum atomic E-state index is -0.308. The number of carbonyl (C=O) groups is 2. The molecule has 0 aliphatic carbocycles. The Morgan fingerprint density at radius 2 is 1.51 bits per heavy atom. The molecule has 43 heavy (non-hydrogen) atoms. The third kappa shape index (κ3) is 7.89. The summed E-state index contributed by atoms with van der Waals surface area (Å²) in [6, 6.07) is 34.5. The van der Waals surface area contributed by atoms with Gasteiger partial charge in [-0.15, -0.1) is 0 Å². The Bertz CT molecular complexity index is 1430. The zero-order valence-electron chi connectivity index (χ0n) is 25.4. The molecular formula is C37H44N4O2. The van der Waals surface area contributed by atoms with Crippen LogP contribution in [0.3, 0.4) is 0 Å². The maximum Gasteiger partial charge on any atom is 0.251 e. The number of amides is 2. The molecule has 6 heteroatoms. The second-order valence-corrected chi connectivity index (χ2v) is 11.5. The lowest BCUT2D eigenvalue weighted by atomic mass is 9.90. The molecule has 4 aromatic rings. The molecule has 0 aromatic heterocycles. The summed E-state index contributed by atoms with van der Waals surface area (Å²) < 4.78 is 0. The summed E-state index contributed by atoms with van der Waals surface area (Å²) >= 11 is 0. The Morgan fingerprint density at radius 3 is 2.16 bits per heavy atom. The van der Waals surface area contributed by atoms with Gasteiger partial charge in [0.1, 0.15) is 0 Å². The molecule has 0 radical (unpaired) electrons. The molecule has 0 bridgehead atoms. The van der Waals surface area contributed by atoms with E-state index in [0.717, 1.165) is 43.2 Å². The largest absolute Gasteiger partial charge is 0.350 e. The van der Waals surface area contributed by atoms with Gasteiger partial charge in [0.15, 0.2) is 0 Å². The first-order chi connectivity index (χ1) is 21.1. The zero-order valence-corrected chi connectivity index (χ0v) is 25.4. The Morgan fingerprint density at radius 1 is 0.884 bits per heavy atom. The van der Waals surface area contributed by atoms with Gasteiger partial charge in [0.2, 0.25) is 5.91 Å². The maximum atomic E-state index is 14.1. The van der Waals surface area contributed by atoms with Crippen LogP contribution in [0.15, 0.2) is 103 Å². The summed E-state index contributed by atoms with van der Waals surface area (Å²) in [5.41, 5.74) is 3.06. The molecule has 2 amide bonds. The number of nitrogens with zero attached hydrogens (tertiary/aromatic N) is 2. The van der Waals surface area contributed by atoms with Crippen molar-refractivity contribution in [2.24, 2.45) is 0 Å². The first kappa shape index (κ1) is 30.5. The molecule has 1 aliphatic rings. The third-order valence-electron chi connectivity index (χ3n) is 8.75. The van der Waals surface area contributed by atoms with Gasteiger partial charge in [0.05, 0.1) is 6.04 Å². The highest BCUT2D eigenvalue weighted by Gasteiger charge is 2.33. The minimum Gasteiger partial charge on any atom is -0.350 e. The summed E-state index contributed by atoms with van der Waals surface area (Å²) in [5, 5.41) is 8.97. The lowest BCUT2D eigenvalue weighted by Crippen LogP contribution is -2.50. The van der Waals surface area contributed by atoms with Crippen LogP contribution in [-0.4, -0.2) is 73.0 Å². The summed E-state index contributed by atoms with van der Waals surface area (Å²) in [5.74, 6) is 0.138. The second kappa shape index (κ2) is 14.9. The minimum absolute atomic E-state index is 0.00744. The van der Waals surface area contributed by atoms with Crippen LogP contribution in [-0.2, 0) is 4.79 Å².